The van der Waals surface area contributed by atoms with E-state index in [1.54, 1.807) is 13.2 Å². The van der Waals surface area contributed by atoms with E-state index in [9.17, 15) is 9.18 Å². The van der Waals surface area contributed by atoms with Crippen molar-refractivity contribution in [1.29, 1.82) is 0 Å². The predicted molar refractivity (Wildman–Crippen MR) is 99.9 cm³/mol. The summed E-state index contributed by atoms with van der Waals surface area (Å²) in [6, 6.07) is 10.0. The number of hydrogen-bond acceptors (Lipinski definition) is 5. The van der Waals surface area contributed by atoms with Crippen LogP contribution in [0.4, 0.5) is 15.9 Å². The van der Waals surface area contributed by atoms with Gasteiger partial charge in [-0.05, 0) is 49.7 Å². The van der Waals surface area contributed by atoms with Gasteiger partial charge in [0.25, 0.3) is 0 Å². The van der Waals surface area contributed by atoms with Gasteiger partial charge in [-0.15, -0.1) is 10.2 Å². The quantitative estimate of drug-likeness (QED) is 0.658. The molecule has 2 aromatic carbocycles. The lowest BCUT2D eigenvalue weighted by molar-refractivity contribution is -0.105. The zero-order chi connectivity index (χ0) is 18.7. The summed E-state index contributed by atoms with van der Waals surface area (Å²) in [5.74, 6) is 0.579. The molecule has 1 amide bonds. The molecule has 7 heteroatoms. The summed E-state index contributed by atoms with van der Waals surface area (Å²) in [4.78, 5) is 10.8. The van der Waals surface area contributed by atoms with E-state index in [2.05, 4.69) is 20.8 Å². The summed E-state index contributed by atoms with van der Waals surface area (Å²) < 4.78 is 19.0. The van der Waals surface area contributed by atoms with Crippen molar-refractivity contribution in [3.05, 3.63) is 42.2 Å². The highest BCUT2D eigenvalue weighted by atomic mass is 19.1. The fraction of sp³-hybridized carbons (Fsp3) is 0.211. The lowest BCUT2D eigenvalue weighted by Gasteiger charge is -2.16. The molecule has 3 aromatic rings. The number of methoxy groups -OCH3 is 1. The van der Waals surface area contributed by atoms with E-state index in [0.29, 0.717) is 34.7 Å². The second kappa shape index (κ2) is 7.35. The van der Waals surface area contributed by atoms with Crippen LogP contribution in [-0.4, -0.2) is 29.8 Å². The summed E-state index contributed by atoms with van der Waals surface area (Å²) in [5, 5.41) is 14.9. The zero-order valence-electron chi connectivity index (χ0n) is 14.7. The van der Waals surface area contributed by atoms with Crippen LogP contribution in [0.3, 0.4) is 0 Å². The third-order valence-electron chi connectivity index (χ3n) is 3.86. The van der Waals surface area contributed by atoms with Crippen molar-refractivity contribution in [3.8, 4) is 16.9 Å². The number of nitrogens with zero attached hydrogens (tertiary/aromatic N) is 2. The summed E-state index contributed by atoms with van der Waals surface area (Å²) in [6.07, 6.45) is 0.563. The molecule has 0 spiro atoms. The Balaban J connectivity index is 2.17. The van der Waals surface area contributed by atoms with Crippen LogP contribution in [0.1, 0.15) is 13.8 Å². The first-order valence-electron chi connectivity index (χ1n) is 8.14. The molecule has 0 unspecified atom stereocenters. The van der Waals surface area contributed by atoms with Gasteiger partial charge in [-0.2, -0.15) is 0 Å². The monoisotopic (exact) mass is 354 g/mol. The third-order valence-corrected chi connectivity index (χ3v) is 3.86. The van der Waals surface area contributed by atoms with Crippen molar-refractivity contribution in [2.45, 2.75) is 19.9 Å². The van der Waals surface area contributed by atoms with E-state index in [-0.39, 0.29) is 11.9 Å². The Labute approximate surface area is 150 Å². The number of fused-ring (bicyclic) bond motifs is 1. The van der Waals surface area contributed by atoms with Crippen LogP contribution in [-0.2, 0) is 4.79 Å². The maximum atomic E-state index is 13.7. The Morgan fingerprint density at radius 2 is 1.96 bits per heavy atom. The smallest absolute Gasteiger partial charge is 0.212 e. The molecule has 0 bridgehead atoms. The molecule has 0 atom stereocenters. The highest BCUT2D eigenvalue weighted by molar-refractivity contribution is 5.99. The maximum Gasteiger partial charge on any atom is 0.212 e. The first kappa shape index (κ1) is 17.6. The highest BCUT2D eigenvalue weighted by Crippen LogP contribution is 2.35. The molecule has 3 rings (SSSR count). The number of anilines is 2. The Morgan fingerprint density at radius 3 is 2.65 bits per heavy atom. The van der Waals surface area contributed by atoms with Gasteiger partial charge < -0.3 is 15.4 Å². The molecule has 0 radical (unpaired) electrons. The number of benzene rings is 2. The standard InChI is InChI=1S/C19H19FN4O2/c1-11(2)22-18-14-6-4-12(8-16(14)23-24-19(18)21-10-25)15-9-13(20)5-7-17(15)26-3/h4-11H,1-3H3,(H,22,23)(H,21,24,25). The Hall–Kier alpha value is -3.22. The van der Waals surface area contributed by atoms with Crippen molar-refractivity contribution >= 4 is 28.8 Å². The molecule has 0 aliphatic carbocycles. The fourth-order valence-corrected chi connectivity index (χ4v) is 2.77. The van der Waals surface area contributed by atoms with E-state index < -0.39 is 0 Å². The zero-order valence-corrected chi connectivity index (χ0v) is 14.7. The molecule has 0 aliphatic heterocycles. The van der Waals surface area contributed by atoms with E-state index in [1.807, 2.05) is 32.0 Å². The van der Waals surface area contributed by atoms with E-state index in [1.165, 1.54) is 12.1 Å². The van der Waals surface area contributed by atoms with Crippen molar-refractivity contribution < 1.29 is 13.9 Å². The number of halogens is 1. The number of rotatable bonds is 6. The first-order chi connectivity index (χ1) is 12.5. The number of aromatic nitrogens is 2. The number of carbonyl (C=O) groups excluding carboxylic acids is 1. The van der Waals surface area contributed by atoms with E-state index >= 15 is 0 Å². The number of carbonyl (C=O) groups is 1. The largest absolute Gasteiger partial charge is 0.496 e. The van der Waals surface area contributed by atoms with Crippen LogP contribution >= 0.6 is 0 Å². The minimum absolute atomic E-state index is 0.137. The second-order valence-electron chi connectivity index (χ2n) is 6.06. The van der Waals surface area contributed by atoms with Gasteiger partial charge in [0.05, 0.1) is 18.3 Å². The molecule has 1 heterocycles. The summed E-state index contributed by atoms with van der Waals surface area (Å²) in [5.41, 5.74) is 2.70. The maximum absolute atomic E-state index is 13.7. The Bertz CT molecular complexity index is 960. The molecular formula is C19H19FN4O2. The van der Waals surface area contributed by atoms with Gasteiger partial charge in [-0.25, -0.2) is 4.39 Å². The minimum atomic E-state index is -0.348. The molecule has 134 valence electrons. The SMILES string of the molecule is COc1ccc(F)cc1-c1ccc2c(NC(C)C)c(NC=O)nnc2c1. The average molecular weight is 354 g/mol. The molecule has 1 aromatic heterocycles. The van der Waals surface area contributed by atoms with Gasteiger partial charge in [-0.1, -0.05) is 6.07 Å². The van der Waals surface area contributed by atoms with Crippen LogP contribution in [0, 0.1) is 5.82 Å². The van der Waals surface area contributed by atoms with Gasteiger partial charge >= 0.3 is 0 Å². The van der Waals surface area contributed by atoms with Gasteiger partial charge in [0.1, 0.15) is 11.6 Å². The summed E-state index contributed by atoms with van der Waals surface area (Å²) in [7, 11) is 1.54. The van der Waals surface area contributed by atoms with Crippen molar-refractivity contribution in [2.24, 2.45) is 0 Å². The first-order valence-corrected chi connectivity index (χ1v) is 8.14. The predicted octanol–water partition coefficient (Wildman–Crippen LogP) is 3.83. The summed E-state index contributed by atoms with van der Waals surface area (Å²) >= 11 is 0. The molecule has 0 fully saturated rings. The topological polar surface area (TPSA) is 76.1 Å². The lowest BCUT2D eigenvalue weighted by atomic mass is 10.0. The lowest BCUT2D eigenvalue weighted by Crippen LogP contribution is -2.13. The molecule has 0 saturated heterocycles. The van der Waals surface area contributed by atoms with Crippen molar-refractivity contribution in [2.75, 3.05) is 17.7 Å². The molecule has 0 aliphatic rings. The number of ether oxygens (including phenoxy) is 1. The highest BCUT2D eigenvalue weighted by Gasteiger charge is 2.14. The van der Waals surface area contributed by atoms with Crippen LogP contribution in [0.25, 0.3) is 22.0 Å². The third kappa shape index (κ3) is 3.42. The van der Waals surface area contributed by atoms with E-state index in [4.69, 9.17) is 4.74 Å². The van der Waals surface area contributed by atoms with Gasteiger partial charge in [0.15, 0.2) is 5.82 Å². The molecular weight excluding hydrogens is 335 g/mol. The van der Waals surface area contributed by atoms with Crippen LogP contribution in [0.15, 0.2) is 36.4 Å². The van der Waals surface area contributed by atoms with Crippen molar-refractivity contribution in [1.82, 2.24) is 10.2 Å². The van der Waals surface area contributed by atoms with Crippen molar-refractivity contribution in [3.63, 3.8) is 0 Å². The number of hydrogen-bond donors (Lipinski definition) is 2. The average Bonchev–Trinajstić information content (AvgIpc) is 2.63. The van der Waals surface area contributed by atoms with Crippen LogP contribution < -0.4 is 15.4 Å². The van der Waals surface area contributed by atoms with Crippen LogP contribution in [0.5, 0.6) is 5.75 Å². The Morgan fingerprint density at radius 1 is 1.15 bits per heavy atom. The number of nitrogens with one attached hydrogen (secondary N) is 2. The normalized spacial score (nSPS) is 10.8. The molecule has 6 nitrogen and oxygen atoms in total. The van der Waals surface area contributed by atoms with Gasteiger partial charge in [-0.3, -0.25) is 4.79 Å². The van der Waals surface area contributed by atoms with Gasteiger partial charge in [0, 0.05) is 17.0 Å². The summed E-state index contributed by atoms with van der Waals surface area (Å²) in [6.45, 7) is 3.98. The molecule has 2 N–H and O–H groups in total. The van der Waals surface area contributed by atoms with E-state index in [0.717, 1.165) is 10.9 Å². The number of amides is 1. The van der Waals surface area contributed by atoms with Crippen LogP contribution in [0.2, 0.25) is 0 Å². The minimum Gasteiger partial charge on any atom is -0.496 e. The van der Waals surface area contributed by atoms with Gasteiger partial charge in [0.2, 0.25) is 6.41 Å². The second-order valence-corrected chi connectivity index (χ2v) is 6.06. The molecule has 26 heavy (non-hydrogen) atoms. The Kier molecular flexibility index (Phi) is 4.97. The fourth-order valence-electron chi connectivity index (χ4n) is 2.77. The molecule has 0 saturated carbocycles.